The van der Waals surface area contributed by atoms with E-state index in [0.717, 1.165) is 15.9 Å². The van der Waals surface area contributed by atoms with Crippen LogP contribution in [0.1, 0.15) is 19.3 Å². The van der Waals surface area contributed by atoms with Gasteiger partial charge in [-0.3, -0.25) is 9.59 Å². The molecule has 0 aromatic heterocycles. The highest BCUT2D eigenvalue weighted by Gasteiger charge is 2.16. The molecule has 0 aliphatic heterocycles. The van der Waals surface area contributed by atoms with Crippen LogP contribution in [0.3, 0.4) is 0 Å². The normalized spacial score (nSPS) is 10.0. The van der Waals surface area contributed by atoms with Gasteiger partial charge >= 0.3 is 0 Å². The number of hydrogen-bond donors (Lipinski definition) is 1. The first kappa shape index (κ1) is 21.5. The van der Waals surface area contributed by atoms with Crippen LogP contribution < -0.4 is 15.0 Å². The Bertz CT molecular complexity index is 821. The number of carbonyl (C=O) groups excluding carboxylic acids is 2. The lowest BCUT2D eigenvalue weighted by molar-refractivity contribution is -0.125. The van der Waals surface area contributed by atoms with Gasteiger partial charge in [0.1, 0.15) is 12.4 Å². The highest BCUT2D eigenvalue weighted by atomic mass is 79.9. The molecule has 1 N–H and O–H groups in total. The van der Waals surface area contributed by atoms with E-state index < -0.39 is 0 Å². The highest BCUT2D eigenvalue weighted by molar-refractivity contribution is 9.10. The van der Waals surface area contributed by atoms with E-state index in [-0.39, 0.29) is 31.1 Å². The van der Waals surface area contributed by atoms with Gasteiger partial charge in [-0.25, -0.2) is 0 Å². The molecule has 6 nitrogen and oxygen atoms in total. The number of halogens is 1. The maximum absolute atomic E-state index is 12.5. The molecule has 0 saturated heterocycles. The van der Waals surface area contributed by atoms with Crippen molar-refractivity contribution in [3.05, 3.63) is 59.1 Å². The SMILES string of the molecule is N#CCCN(C(=O)CCC(=O)NCCOc1cccc(Br)c1)c1ccccc1. The molecule has 146 valence electrons. The van der Waals surface area contributed by atoms with Crippen LogP contribution in [-0.2, 0) is 9.59 Å². The number of para-hydroxylation sites is 1. The average molecular weight is 444 g/mol. The van der Waals surface area contributed by atoms with Crippen LogP contribution in [0.4, 0.5) is 5.69 Å². The number of carbonyl (C=O) groups is 2. The van der Waals surface area contributed by atoms with Gasteiger partial charge in [-0.1, -0.05) is 40.2 Å². The largest absolute Gasteiger partial charge is 0.492 e. The smallest absolute Gasteiger partial charge is 0.227 e. The minimum Gasteiger partial charge on any atom is -0.492 e. The third-order valence-electron chi connectivity index (χ3n) is 3.87. The van der Waals surface area contributed by atoms with Crippen LogP contribution in [0.5, 0.6) is 5.75 Å². The van der Waals surface area contributed by atoms with Gasteiger partial charge in [-0.05, 0) is 30.3 Å². The molecule has 0 radical (unpaired) electrons. The quantitative estimate of drug-likeness (QED) is 0.567. The van der Waals surface area contributed by atoms with Crippen molar-refractivity contribution in [1.29, 1.82) is 5.26 Å². The van der Waals surface area contributed by atoms with Crippen LogP contribution >= 0.6 is 15.9 Å². The number of amides is 2. The number of nitrogens with zero attached hydrogens (tertiary/aromatic N) is 2. The van der Waals surface area contributed by atoms with Crippen molar-refractivity contribution in [3.8, 4) is 11.8 Å². The lowest BCUT2D eigenvalue weighted by Crippen LogP contribution is -2.34. The van der Waals surface area contributed by atoms with E-state index in [1.165, 1.54) is 0 Å². The summed E-state index contributed by atoms with van der Waals surface area (Å²) in [5.41, 5.74) is 0.727. The number of benzene rings is 2. The van der Waals surface area contributed by atoms with Gasteiger partial charge in [-0.15, -0.1) is 0 Å². The first-order chi connectivity index (χ1) is 13.6. The predicted octanol–water partition coefficient (Wildman–Crippen LogP) is 3.67. The van der Waals surface area contributed by atoms with Crippen LogP contribution in [-0.4, -0.2) is 31.5 Å². The second-order valence-electron chi connectivity index (χ2n) is 5.94. The van der Waals surface area contributed by atoms with E-state index in [1.807, 2.05) is 60.7 Å². The molecule has 0 aliphatic carbocycles. The van der Waals surface area contributed by atoms with Crippen molar-refractivity contribution in [2.75, 3.05) is 24.6 Å². The molecular weight excluding hydrogens is 422 g/mol. The maximum Gasteiger partial charge on any atom is 0.227 e. The van der Waals surface area contributed by atoms with Gasteiger partial charge < -0.3 is 15.0 Å². The van der Waals surface area contributed by atoms with Gasteiger partial charge in [0.25, 0.3) is 0 Å². The van der Waals surface area contributed by atoms with Crippen molar-refractivity contribution in [2.24, 2.45) is 0 Å². The van der Waals surface area contributed by atoms with Crippen LogP contribution in [0.25, 0.3) is 0 Å². The Balaban J connectivity index is 1.74. The molecule has 2 aromatic rings. The summed E-state index contributed by atoms with van der Waals surface area (Å²) in [7, 11) is 0. The highest BCUT2D eigenvalue weighted by Crippen LogP contribution is 2.17. The fourth-order valence-electron chi connectivity index (χ4n) is 2.53. The minimum atomic E-state index is -0.209. The number of nitrogens with one attached hydrogen (secondary N) is 1. The van der Waals surface area contributed by atoms with E-state index in [4.69, 9.17) is 10.00 Å². The number of rotatable bonds is 10. The van der Waals surface area contributed by atoms with E-state index in [1.54, 1.807) is 4.90 Å². The fourth-order valence-corrected chi connectivity index (χ4v) is 2.91. The van der Waals surface area contributed by atoms with Crippen molar-refractivity contribution >= 4 is 33.4 Å². The molecule has 28 heavy (non-hydrogen) atoms. The Morgan fingerprint density at radius 1 is 1.11 bits per heavy atom. The Hall–Kier alpha value is -2.85. The van der Waals surface area contributed by atoms with Gasteiger partial charge in [0, 0.05) is 29.5 Å². The van der Waals surface area contributed by atoms with E-state index >= 15 is 0 Å². The summed E-state index contributed by atoms with van der Waals surface area (Å²) < 4.78 is 6.48. The van der Waals surface area contributed by atoms with E-state index in [0.29, 0.717) is 19.7 Å². The molecule has 2 rings (SSSR count). The third kappa shape index (κ3) is 7.41. The number of nitriles is 1. The molecule has 0 atom stereocenters. The Morgan fingerprint density at radius 2 is 1.89 bits per heavy atom. The first-order valence-electron chi connectivity index (χ1n) is 8.97. The van der Waals surface area contributed by atoms with Crippen LogP contribution in [0.15, 0.2) is 59.1 Å². The van der Waals surface area contributed by atoms with Gasteiger partial charge in [0.15, 0.2) is 0 Å². The summed E-state index contributed by atoms with van der Waals surface area (Å²) in [5, 5.41) is 11.6. The zero-order chi connectivity index (χ0) is 20.2. The zero-order valence-corrected chi connectivity index (χ0v) is 17.0. The number of anilines is 1. The summed E-state index contributed by atoms with van der Waals surface area (Å²) >= 11 is 3.37. The lowest BCUT2D eigenvalue weighted by Gasteiger charge is -2.21. The number of hydrogen-bond acceptors (Lipinski definition) is 4. The number of ether oxygens (including phenoxy) is 1. The molecule has 0 saturated carbocycles. The van der Waals surface area contributed by atoms with Gasteiger partial charge in [-0.2, -0.15) is 5.26 Å². The first-order valence-corrected chi connectivity index (χ1v) is 9.77. The van der Waals surface area contributed by atoms with Gasteiger partial charge in [0.2, 0.25) is 11.8 Å². The zero-order valence-electron chi connectivity index (χ0n) is 15.4. The van der Waals surface area contributed by atoms with Crippen molar-refractivity contribution < 1.29 is 14.3 Å². The summed E-state index contributed by atoms with van der Waals surface area (Å²) in [5.74, 6) is 0.330. The topological polar surface area (TPSA) is 82.4 Å². The molecule has 0 aliphatic rings. The Morgan fingerprint density at radius 3 is 2.61 bits per heavy atom. The van der Waals surface area contributed by atoms with Crippen LogP contribution in [0.2, 0.25) is 0 Å². The fraction of sp³-hybridized carbons (Fsp3) is 0.286. The molecule has 0 bridgehead atoms. The van der Waals surface area contributed by atoms with E-state index in [2.05, 4.69) is 21.2 Å². The van der Waals surface area contributed by atoms with Crippen molar-refractivity contribution in [1.82, 2.24) is 5.32 Å². The molecule has 7 heteroatoms. The monoisotopic (exact) mass is 443 g/mol. The second kappa shape index (κ2) is 11.8. The Kier molecular flexibility index (Phi) is 9.02. The summed E-state index contributed by atoms with van der Waals surface area (Å²) in [6.45, 7) is 1.01. The summed E-state index contributed by atoms with van der Waals surface area (Å²) in [6.07, 6.45) is 0.407. The minimum absolute atomic E-state index is 0.0820. The molecule has 0 spiro atoms. The molecular formula is C21H22BrN3O3. The summed E-state index contributed by atoms with van der Waals surface area (Å²) in [4.78, 5) is 26.0. The molecule has 0 fully saturated rings. The third-order valence-corrected chi connectivity index (χ3v) is 4.36. The molecule has 0 unspecified atom stereocenters. The molecule has 0 heterocycles. The van der Waals surface area contributed by atoms with Crippen molar-refractivity contribution in [2.45, 2.75) is 19.3 Å². The maximum atomic E-state index is 12.5. The average Bonchev–Trinajstić information content (AvgIpc) is 2.71. The molecule has 2 amide bonds. The molecule has 2 aromatic carbocycles. The summed E-state index contributed by atoms with van der Waals surface area (Å²) in [6, 6.07) is 18.7. The van der Waals surface area contributed by atoms with E-state index in [9.17, 15) is 9.59 Å². The van der Waals surface area contributed by atoms with Crippen molar-refractivity contribution in [3.63, 3.8) is 0 Å². The predicted molar refractivity (Wildman–Crippen MR) is 111 cm³/mol. The Labute approximate surface area is 173 Å². The second-order valence-corrected chi connectivity index (χ2v) is 6.86. The van der Waals surface area contributed by atoms with Crippen LogP contribution in [0, 0.1) is 11.3 Å². The van der Waals surface area contributed by atoms with Gasteiger partial charge in [0.05, 0.1) is 19.0 Å². The standard InChI is InChI=1S/C21H22BrN3O3/c22-17-6-4-9-19(16-17)28-15-13-24-20(26)10-11-21(27)25(14-5-12-23)18-7-2-1-3-8-18/h1-4,6-9,16H,5,10-11,13-15H2,(H,24,26). The lowest BCUT2D eigenvalue weighted by atomic mass is 10.2.